The van der Waals surface area contributed by atoms with Crippen LogP contribution in [0.25, 0.3) is 0 Å². The highest BCUT2D eigenvalue weighted by Crippen LogP contribution is 2.67. The maximum atomic E-state index is 13.5. The van der Waals surface area contributed by atoms with Gasteiger partial charge in [0, 0.05) is 35.9 Å². The molecule has 6 aliphatic rings. The van der Waals surface area contributed by atoms with E-state index in [1.165, 1.54) is 0 Å². The van der Waals surface area contributed by atoms with Gasteiger partial charge in [-0.2, -0.15) is 0 Å². The number of nitrogens with zero attached hydrogens (tertiary/aromatic N) is 2. The van der Waals surface area contributed by atoms with E-state index in [-0.39, 0.29) is 54.4 Å². The SMILES string of the molecule is COc1cc2c(cc1OC)[C@@]13CCN4C[C@@]5(O)[C@H](O)CO[C@H]6CC(=O)N2[C@H]1[C@H]6[C@H]5C[C@H]43. The summed E-state index contributed by atoms with van der Waals surface area (Å²) in [5.74, 6) is 1.24. The number of ether oxygens (including phenoxy) is 3. The lowest BCUT2D eigenvalue weighted by Gasteiger charge is -2.61. The molecule has 1 saturated carbocycles. The third-order valence-electron chi connectivity index (χ3n) is 9.44. The van der Waals surface area contributed by atoms with Crippen molar-refractivity contribution in [2.75, 3.05) is 38.8 Å². The molecule has 0 aromatic heterocycles. The lowest BCUT2D eigenvalue weighted by molar-refractivity contribution is -0.184. The van der Waals surface area contributed by atoms with Crippen LogP contribution in [-0.2, 0) is 14.9 Å². The summed E-state index contributed by atoms with van der Waals surface area (Å²) >= 11 is 0. The van der Waals surface area contributed by atoms with E-state index in [1.54, 1.807) is 14.2 Å². The first kappa shape index (κ1) is 18.7. The van der Waals surface area contributed by atoms with Crippen molar-refractivity contribution in [1.29, 1.82) is 0 Å². The number of methoxy groups -OCH3 is 2. The molecule has 31 heavy (non-hydrogen) atoms. The molecule has 8 heteroatoms. The number of rotatable bonds is 2. The molecule has 166 valence electrons. The van der Waals surface area contributed by atoms with Crippen LogP contribution in [0.3, 0.4) is 0 Å². The molecule has 0 radical (unpaired) electrons. The van der Waals surface area contributed by atoms with Crippen molar-refractivity contribution in [2.24, 2.45) is 11.8 Å². The molecule has 2 N–H and O–H groups in total. The molecule has 1 aliphatic carbocycles. The van der Waals surface area contributed by atoms with Crippen molar-refractivity contribution in [3.05, 3.63) is 17.7 Å². The van der Waals surface area contributed by atoms with E-state index in [0.29, 0.717) is 18.0 Å². The van der Waals surface area contributed by atoms with Crippen LogP contribution in [0, 0.1) is 11.8 Å². The summed E-state index contributed by atoms with van der Waals surface area (Å²) in [6, 6.07) is 4.16. The first-order valence-electron chi connectivity index (χ1n) is 11.3. The molecule has 1 aromatic rings. The normalized spacial score (nSPS) is 46.6. The fourth-order valence-corrected chi connectivity index (χ4v) is 8.32. The van der Waals surface area contributed by atoms with Crippen molar-refractivity contribution >= 4 is 11.6 Å². The fraction of sp³-hybridized carbons (Fsp3) is 0.696. The summed E-state index contributed by atoms with van der Waals surface area (Å²) in [7, 11) is 3.26. The molecule has 1 amide bonds. The van der Waals surface area contributed by atoms with Crippen LogP contribution in [0.1, 0.15) is 24.8 Å². The third kappa shape index (κ3) is 1.92. The Morgan fingerprint density at radius 3 is 2.77 bits per heavy atom. The number of amides is 1. The summed E-state index contributed by atoms with van der Waals surface area (Å²) < 4.78 is 17.4. The van der Waals surface area contributed by atoms with E-state index >= 15 is 0 Å². The minimum Gasteiger partial charge on any atom is -0.493 e. The minimum absolute atomic E-state index is 0.0132. The molecule has 1 spiro atoms. The average Bonchev–Trinajstić information content (AvgIpc) is 3.26. The van der Waals surface area contributed by atoms with Crippen molar-refractivity contribution in [2.45, 2.75) is 54.6 Å². The lowest BCUT2D eigenvalue weighted by Crippen LogP contribution is -2.74. The van der Waals surface area contributed by atoms with E-state index in [9.17, 15) is 15.0 Å². The predicted molar refractivity (Wildman–Crippen MR) is 109 cm³/mol. The summed E-state index contributed by atoms with van der Waals surface area (Å²) in [6.07, 6.45) is 0.787. The van der Waals surface area contributed by atoms with Gasteiger partial charge in [-0.15, -0.1) is 0 Å². The van der Waals surface area contributed by atoms with Crippen LogP contribution >= 0.6 is 0 Å². The Labute approximate surface area is 180 Å². The van der Waals surface area contributed by atoms with Gasteiger partial charge in [0.15, 0.2) is 11.5 Å². The zero-order chi connectivity index (χ0) is 21.3. The molecule has 5 aliphatic heterocycles. The fourth-order valence-electron chi connectivity index (χ4n) is 8.32. The van der Waals surface area contributed by atoms with E-state index < -0.39 is 11.7 Å². The molecule has 1 aromatic carbocycles. The number of aliphatic hydroxyl groups is 2. The minimum atomic E-state index is -1.21. The number of aliphatic hydroxyl groups excluding tert-OH is 1. The Bertz CT molecular complexity index is 1000. The maximum absolute atomic E-state index is 13.5. The monoisotopic (exact) mass is 428 g/mol. The second-order valence-electron chi connectivity index (χ2n) is 10.2. The third-order valence-corrected chi connectivity index (χ3v) is 9.44. The van der Waals surface area contributed by atoms with Crippen LogP contribution in [0.2, 0.25) is 0 Å². The van der Waals surface area contributed by atoms with Gasteiger partial charge in [0.1, 0.15) is 11.7 Å². The highest BCUT2D eigenvalue weighted by atomic mass is 16.5. The van der Waals surface area contributed by atoms with E-state index in [1.807, 2.05) is 11.0 Å². The lowest BCUT2D eigenvalue weighted by atomic mass is 9.51. The van der Waals surface area contributed by atoms with Gasteiger partial charge >= 0.3 is 0 Å². The Balaban J connectivity index is 1.51. The Morgan fingerprint density at radius 1 is 1.23 bits per heavy atom. The quantitative estimate of drug-likeness (QED) is 0.699. The highest BCUT2D eigenvalue weighted by molar-refractivity contribution is 5.99. The molecule has 8 nitrogen and oxygen atoms in total. The van der Waals surface area contributed by atoms with E-state index in [4.69, 9.17) is 14.2 Å². The summed E-state index contributed by atoms with van der Waals surface area (Å²) in [4.78, 5) is 17.8. The van der Waals surface area contributed by atoms with Gasteiger partial charge in [-0.25, -0.2) is 0 Å². The number of fused-ring (bicyclic) bond motifs is 2. The van der Waals surface area contributed by atoms with Gasteiger partial charge in [0.05, 0.1) is 45.1 Å². The van der Waals surface area contributed by atoms with Crippen LogP contribution in [0.15, 0.2) is 12.1 Å². The molecular formula is C23H28N2O6. The molecule has 4 saturated heterocycles. The maximum Gasteiger partial charge on any atom is 0.229 e. The van der Waals surface area contributed by atoms with Gasteiger partial charge in [-0.05, 0) is 31.0 Å². The molecular weight excluding hydrogens is 400 g/mol. The highest BCUT2D eigenvalue weighted by Gasteiger charge is 2.75. The first-order chi connectivity index (χ1) is 14.9. The summed E-state index contributed by atoms with van der Waals surface area (Å²) in [5, 5.41) is 22.7. The zero-order valence-corrected chi connectivity index (χ0v) is 17.8. The molecule has 5 heterocycles. The number of hydrogen-bond acceptors (Lipinski definition) is 7. The van der Waals surface area contributed by atoms with Crippen molar-refractivity contribution in [1.82, 2.24) is 4.90 Å². The zero-order valence-electron chi connectivity index (χ0n) is 17.8. The topological polar surface area (TPSA) is 91.7 Å². The Kier molecular flexibility index (Phi) is 3.45. The molecule has 2 bridgehead atoms. The van der Waals surface area contributed by atoms with Gasteiger partial charge in [-0.1, -0.05) is 0 Å². The number of anilines is 1. The Hall–Kier alpha value is -1.87. The number of carbonyl (C=O) groups excluding carboxylic acids is 1. The van der Waals surface area contributed by atoms with Crippen molar-refractivity contribution < 1.29 is 29.2 Å². The summed E-state index contributed by atoms with van der Waals surface area (Å²) in [5.41, 5.74) is 0.645. The predicted octanol–water partition coefficient (Wildman–Crippen LogP) is 0.275. The van der Waals surface area contributed by atoms with Crippen LogP contribution in [-0.4, -0.2) is 84.8 Å². The number of piperidine rings is 2. The van der Waals surface area contributed by atoms with Crippen LogP contribution in [0.5, 0.6) is 11.5 Å². The van der Waals surface area contributed by atoms with Gasteiger partial charge in [-0.3, -0.25) is 9.69 Å². The standard InChI is InChI=1S/C23H28N2O6/c1-29-14-5-11-13(7-15(14)30-2)25-19(27)8-16-20-12-6-17-22(11,21(20)25)3-4-24(17)10-23(12,28)18(26)9-31-16/h5,7,12,16-18,20-21,26,28H,3-4,6,8-10H2,1-2H3/t12-,16+,17+,18-,20+,21+,22-,23+/m1/s1. The van der Waals surface area contributed by atoms with Crippen LogP contribution in [0.4, 0.5) is 5.69 Å². The summed E-state index contributed by atoms with van der Waals surface area (Å²) in [6.45, 7) is 1.38. The van der Waals surface area contributed by atoms with Gasteiger partial charge in [0.25, 0.3) is 0 Å². The largest absolute Gasteiger partial charge is 0.493 e. The van der Waals surface area contributed by atoms with Crippen LogP contribution < -0.4 is 14.4 Å². The molecule has 0 unspecified atom stereocenters. The Morgan fingerprint density at radius 2 is 2.00 bits per heavy atom. The van der Waals surface area contributed by atoms with Crippen molar-refractivity contribution in [3.63, 3.8) is 0 Å². The number of hydrogen-bond donors (Lipinski definition) is 2. The van der Waals surface area contributed by atoms with E-state index in [0.717, 1.165) is 30.6 Å². The second-order valence-corrected chi connectivity index (χ2v) is 10.2. The number of benzene rings is 1. The average molecular weight is 428 g/mol. The van der Waals surface area contributed by atoms with E-state index in [2.05, 4.69) is 11.0 Å². The number of carbonyl (C=O) groups is 1. The van der Waals surface area contributed by atoms with Gasteiger partial charge < -0.3 is 29.3 Å². The molecule has 7 rings (SSSR count). The smallest absolute Gasteiger partial charge is 0.229 e. The van der Waals surface area contributed by atoms with Crippen molar-refractivity contribution in [3.8, 4) is 11.5 Å². The molecule has 5 fully saturated rings. The van der Waals surface area contributed by atoms with Gasteiger partial charge in [0.2, 0.25) is 5.91 Å². The second kappa shape index (κ2) is 5.73. The molecule has 8 atom stereocenters. The first-order valence-corrected chi connectivity index (χ1v) is 11.3.